The predicted octanol–water partition coefficient (Wildman–Crippen LogP) is 2.48. The summed E-state index contributed by atoms with van der Waals surface area (Å²) in [5, 5.41) is 5.71. The molecule has 1 aromatic rings. The van der Waals surface area contributed by atoms with Crippen molar-refractivity contribution in [3.63, 3.8) is 0 Å². The van der Waals surface area contributed by atoms with Crippen LogP contribution in [-0.2, 0) is 53.8 Å². The second kappa shape index (κ2) is 11.9. The number of carbonyl (C=O) groups excluding carboxylic acids is 1. The standard InChI is InChI=1S/C14H20N2O2S.W.Y/c1-6-19-10(3)16-14(17)12-8-11(18-5)7-9(2)13(12)15-4;;/h8,10,15H,3,6H2,1-2,4-5H3,(H,16,17);;/q-2;;/t10-;;/m1../s1. The molecule has 1 amide bonds. The molecule has 0 fully saturated rings. The van der Waals surface area contributed by atoms with E-state index in [0.29, 0.717) is 11.3 Å². The number of amides is 1. The number of ether oxygens (including phenoxy) is 1. The maximum Gasteiger partial charge on any atom is 0.227 e. The average Bonchev–Trinajstić information content (AvgIpc) is 2.37. The third-order valence-corrected chi connectivity index (χ3v) is 3.46. The van der Waals surface area contributed by atoms with Crippen LogP contribution in [0.25, 0.3) is 0 Å². The van der Waals surface area contributed by atoms with Gasteiger partial charge in [-0.15, -0.1) is 17.7 Å². The third-order valence-electron chi connectivity index (χ3n) is 2.60. The molecule has 0 aromatic heterocycles. The van der Waals surface area contributed by atoms with Crippen LogP contribution in [0.4, 0.5) is 5.69 Å². The molecule has 115 valence electrons. The molecule has 1 rings (SSSR count). The van der Waals surface area contributed by atoms with Crippen LogP contribution in [0.15, 0.2) is 6.07 Å². The zero-order valence-corrected chi connectivity index (χ0v) is 19.4. The van der Waals surface area contributed by atoms with Gasteiger partial charge in [0.05, 0.1) is 7.11 Å². The Balaban J connectivity index is 0. The third kappa shape index (κ3) is 7.03. The van der Waals surface area contributed by atoms with E-state index < -0.39 is 0 Å². The Labute approximate surface area is 171 Å². The van der Waals surface area contributed by atoms with E-state index in [4.69, 9.17) is 4.74 Å². The molecule has 0 unspecified atom stereocenters. The van der Waals surface area contributed by atoms with Crippen LogP contribution in [0.3, 0.4) is 0 Å². The minimum atomic E-state index is -0.169. The summed E-state index contributed by atoms with van der Waals surface area (Å²) in [7, 11) is 3.34. The molecule has 0 spiro atoms. The predicted molar refractivity (Wildman–Crippen MR) is 80.9 cm³/mol. The van der Waals surface area contributed by atoms with Crippen LogP contribution >= 0.6 is 11.8 Å². The van der Waals surface area contributed by atoms with E-state index in [1.54, 1.807) is 32.0 Å². The number of thioether (sulfide) groups is 1. The Kier molecular flexibility index (Phi) is 13.5. The Morgan fingerprint density at radius 2 is 2.19 bits per heavy atom. The Morgan fingerprint density at radius 1 is 1.57 bits per heavy atom. The molecule has 7 heteroatoms. The fourth-order valence-electron chi connectivity index (χ4n) is 1.77. The van der Waals surface area contributed by atoms with E-state index in [0.717, 1.165) is 17.0 Å². The van der Waals surface area contributed by atoms with Gasteiger partial charge in [-0.25, -0.2) is 0 Å². The second-order valence-corrected chi connectivity index (χ2v) is 5.40. The fourth-order valence-corrected chi connectivity index (χ4v) is 2.36. The molecular weight excluding hydrogens is 533 g/mol. The summed E-state index contributed by atoms with van der Waals surface area (Å²) in [6, 6.07) is 4.74. The molecule has 0 aliphatic carbocycles. The van der Waals surface area contributed by atoms with Gasteiger partial charge in [-0.2, -0.15) is 11.8 Å². The summed E-state index contributed by atoms with van der Waals surface area (Å²) in [5.74, 6) is 1.28. The van der Waals surface area contributed by atoms with Gasteiger partial charge in [0, 0.05) is 59.5 Å². The van der Waals surface area contributed by atoms with Crippen LogP contribution in [0.1, 0.15) is 22.8 Å². The van der Waals surface area contributed by atoms with Gasteiger partial charge in [-0.05, 0) is 23.7 Å². The van der Waals surface area contributed by atoms with Crippen molar-refractivity contribution in [2.75, 3.05) is 25.2 Å². The largest absolute Gasteiger partial charge is 0.523 e. The van der Waals surface area contributed by atoms with E-state index >= 15 is 0 Å². The molecule has 4 nitrogen and oxygen atoms in total. The van der Waals surface area contributed by atoms with Crippen LogP contribution in [0.2, 0.25) is 0 Å². The topological polar surface area (TPSA) is 50.4 Å². The number of rotatable bonds is 6. The smallest absolute Gasteiger partial charge is 0.227 e. The Hall–Kier alpha value is 0.432. The Bertz CT molecular complexity index is 461. The zero-order valence-electron chi connectivity index (χ0n) is 12.8. The van der Waals surface area contributed by atoms with E-state index in [2.05, 4.69) is 23.6 Å². The van der Waals surface area contributed by atoms with Gasteiger partial charge in [0.1, 0.15) is 0 Å². The Morgan fingerprint density at radius 3 is 2.67 bits per heavy atom. The first kappa shape index (κ1) is 23.7. The van der Waals surface area contributed by atoms with Crippen LogP contribution in [0.5, 0.6) is 5.75 Å². The molecule has 1 radical (unpaired) electrons. The van der Waals surface area contributed by atoms with Gasteiger partial charge < -0.3 is 22.3 Å². The maximum absolute atomic E-state index is 12.3. The first-order chi connectivity index (χ1) is 9.03. The molecule has 0 heterocycles. The molecule has 0 aliphatic heterocycles. The summed E-state index contributed by atoms with van der Waals surface area (Å²) < 4.78 is 5.15. The van der Waals surface area contributed by atoms with E-state index in [1.807, 2.05) is 13.8 Å². The number of hydrogen-bond acceptors (Lipinski definition) is 4. The van der Waals surface area contributed by atoms with E-state index in [9.17, 15) is 4.79 Å². The number of aryl methyl sites for hydroxylation is 1. The fraction of sp³-hybridized carbons (Fsp3) is 0.429. The number of nitrogens with one attached hydrogen (secondary N) is 2. The number of benzene rings is 1. The molecule has 0 aliphatic rings. The van der Waals surface area contributed by atoms with E-state index in [-0.39, 0.29) is 65.1 Å². The molecule has 21 heavy (non-hydrogen) atoms. The molecular formula is C14H20N2O2SWY-2. The maximum atomic E-state index is 12.3. The minimum Gasteiger partial charge on any atom is -0.523 e. The van der Waals surface area contributed by atoms with Crippen molar-refractivity contribution in [2.45, 2.75) is 19.2 Å². The van der Waals surface area contributed by atoms with Crippen molar-refractivity contribution in [3.8, 4) is 5.75 Å². The van der Waals surface area contributed by atoms with Gasteiger partial charge in [-0.3, -0.25) is 4.79 Å². The number of anilines is 1. The monoisotopic (exact) mass is 553 g/mol. The molecule has 1 aromatic carbocycles. The van der Waals surface area contributed by atoms with Crippen molar-refractivity contribution in [1.82, 2.24) is 5.32 Å². The van der Waals surface area contributed by atoms with Gasteiger partial charge in [0.25, 0.3) is 0 Å². The molecule has 0 saturated carbocycles. The van der Waals surface area contributed by atoms with Crippen LogP contribution in [0, 0.1) is 19.9 Å². The van der Waals surface area contributed by atoms with Gasteiger partial charge >= 0.3 is 0 Å². The van der Waals surface area contributed by atoms with Crippen molar-refractivity contribution in [2.24, 2.45) is 0 Å². The van der Waals surface area contributed by atoms with Crippen molar-refractivity contribution < 1.29 is 63.3 Å². The number of hydrogen-bond donors (Lipinski definition) is 2. The normalized spacial score (nSPS) is 10.7. The first-order valence-electron chi connectivity index (χ1n) is 6.07. The van der Waals surface area contributed by atoms with Crippen molar-refractivity contribution in [3.05, 3.63) is 30.2 Å². The second-order valence-electron chi connectivity index (χ2n) is 3.92. The summed E-state index contributed by atoms with van der Waals surface area (Å²) in [6.07, 6.45) is 0. The van der Waals surface area contributed by atoms with Crippen molar-refractivity contribution >= 4 is 23.4 Å². The summed E-state index contributed by atoms with van der Waals surface area (Å²) >= 11 is 1.58. The van der Waals surface area contributed by atoms with Crippen LogP contribution in [-0.4, -0.2) is 31.2 Å². The summed E-state index contributed by atoms with van der Waals surface area (Å²) in [4.78, 5) is 12.3. The number of methoxy groups -OCH3 is 1. The molecule has 0 saturated heterocycles. The molecule has 1 atom stereocenters. The first-order valence-corrected chi connectivity index (χ1v) is 7.12. The zero-order chi connectivity index (χ0) is 14.4. The van der Waals surface area contributed by atoms with Gasteiger partial charge in [0.2, 0.25) is 5.91 Å². The average molecular weight is 553 g/mol. The van der Waals surface area contributed by atoms with E-state index in [1.165, 1.54) is 0 Å². The quantitative estimate of drug-likeness (QED) is 0.421. The molecule has 0 bridgehead atoms. The summed E-state index contributed by atoms with van der Waals surface area (Å²) in [6.45, 7) is 7.79. The summed E-state index contributed by atoms with van der Waals surface area (Å²) in [5.41, 5.74) is 2.14. The SMILES string of the molecule is [CH2-][C@H](NC(=O)c1cc(OC)[c-]c(C)c1NC)SCC.[W].[Y]. The van der Waals surface area contributed by atoms with Crippen LogP contribution < -0.4 is 15.4 Å². The minimum absolute atomic E-state index is 0. The van der Waals surface area contributed by atoms with Crippen molar-refractivity contribution in [1.29, 1.82) is 0 Å². The number of carbonyl (C=O) groups is 1. The van der Waals surface area contributed by atoms with Gasteiger partial charge in [-0.1, -0.05) is 19.5 Å². The van der Waals surface area contributed by atoms with Gasteiger partial charge in [0.15, 0.2) is 0 Å². The molecule has 2 N–H and O–H groups in total.